The molecule has 0 aliphatic rings. The summed E-state index contributed by atoms with van der Waals surface area (Å²) < 4.78 is 2.30. The topological polar surface area (TPSA) is 61.4 Å². The van der Waals surface area contributed by atoms with E-state index < -0.39 is 0 Å². The molecule has 0 saturated heterocycles. The van der Waals surface area contributed by atoms with Gasteiger partial charge in [0.1, 0.15) is 5.82 Å². The fraction of sp³-hybridized carbons (Fsp3) is 0.360. The highest BCUT2D eigenvalue weighted by Gasteiger charge is 2.16. The van der Waals surface area contributed by atoms with Gasteiger partial charge in [-0.3, -0.25) is 0 Å². The Balaban J connectivity index is 1.68. The minimum absolute atomic E-state index is 0.631. The van der Waals surface area contributed by atoms with Gasteiger partial charge in [-0.05, 0) is 47.2 Å². The smallest absolute Gasteiger partial charge is 0.205 e. The highest BCUT2D eigenvalue weighted by Crippen LogP contribution is 2.31. The van der Waals surface area contributed by atoms with Crippen LogP contribution in [0, 0.1) is 6.92 Å². The lowest BCUT2D eigenvalue weighted by molar-refractivity contribution is 0.630. The van der Waals surface area contributed by atoms with Crippen LogP contribution in [0.5, 0.6) is 0 Å². The maximum absolute atomic E-state index is 6.47. The Bertz CT molecular complexity index is 1220. The van der Waals surface area contributed by atoms with E-state index in [0.717, 1.165) is 60.4 Å². The van der Waals surface area contributed by atoms with Crippen LogP contribution in [0.25, 0.3) is 22.5 Å². The van der Waals surface area contributed by atoms with E-state index >= 15 is 0 Å². The summed E-state index contributed by atoms with van der Waals surface area (Å²) in [5.74, 6) is 1.71. The van der Waals surface area contributed by atoms with E-state index in [-0.39, 0.29) is 0 Å². The molecular weight excluding hydrogens is 420 g/mol. The van der Waals surface area contributed by atoms with Gasteiger partial charge in [-0.1, -0.05) is 74.3 Å². The van der Waals surface area contributed by atoms with E-state index in [1.807, 2.05) is 18.2 Å². The Morgan fingerprint density at radius 1 is 1.03 bits per heavy atom. The SMILES string of the molecule is CCCCc1nc(Cl)c(CC)n1Cc1ccc(-c2ccccc2-c2nnn(C)n2)cc1C. The van der Waals surface area contributed by atoms with Crippen molar-refractivity contribution in [2.24, 2.45) is 7.05 Å². The van der Waals surface area contributed by atoms with Crippen molar-refractivity contribution in [1.29, 1.82) is 0 Å². The maximum Gasteiger partial charge on any atom is 0.205 e. The van der Waals surface area contributed by atoms with Gasteiger partial charge in [-0.25, -0.2) is 4.98 Å². The lowest BCUT2D eigenvalue weighted by Gasteiger charge is -2.15. The predicted molar refractivity (Wildman–Crippen MR) is 129 cm³/mol. The Morgan fingerprint density at radius 2 is 1.81 bits per heavy atom. The molecule has 0 saturated carbocycles. The van der Waals surface area contributed by atoms with E-state index in [9.17, 15) is 0 Å². The van der Waals surface area contributed by atoms with Gasteiger partial charge >= 0.3 is 0 Å². The molecule has 0 aliphatic carbocycles. The van der Waals surface area contributed by atoms with Crippen LogP contribution >= 0.6 is 11.6 Å². The highest BCUT2D eigenvalue weighted by atomic mass is 35.5. The number of imidazole rings is 1. The van der Waals surface area contributed by atoms with Crippen LogP contribution in [0.4, 0.5) is 0 Å². The van der Waals surface area contributed by atoms with Gasteiger partial charge in [0.25, 0.3) is 0 Å². The molecular formula is C25H29ClN6. The number of benzene rings is 2. The number of unbranched alkanes of at least 4 members (excludes halogenated alkanes) is 1. The molecule has 2 heterocycles. The summed E-state index contributed by atoms with van der Waals surface area (Å²) in [5, 5.41) is 13.2. The molecule has 4 rings (SSSR count). The van der Waals surface area contributed by atoms with Crippen molar-refractivity contribution in [3.63, 3.8) is 0 Å². The number of rotatable bonds is 8. The predicted octanol–water partition coefficient (Wildman–Crippen LogP) is 5.66. The average molecular weight is 449 g/mol. The van der Waals surface area contributed by atoms with Gasteiger partial charge in [0.15, 0.2) is 5.15 Å². The second-order valence-electron chi connectivity index (χ2n) is 8.10. The van der Waals surface area contributed by atoms with E-state index in [1.54, 1.807) is 7.05 Å². The lowest BCUT2D eigenvalue weighted by Crippen LogP contribution is -2.09. The minimum Gasteiger partial charge on any atom is -0.326 e. The van der Waals surface area contributed by atoms with E-state index in [1.165, 1.54) is 15.9 Å². The van der Waals surface area contributed by atoms with Crippen molar-refractivity contribution in [2.45, 2.75) is 53.0 Å². The molecule has 7 heteroatoms. The molecule has 6 nitrogen and oxygen atoms in total. The molecule has 0 atom stereocenters. The summed E-state index contributed by atoms with van der Waals surface area (Å²) in [6.45, 7) is 7.28. The van der Waals surface area contributed by atoms with Crippen molar-refractivity contribution in [2.75, 3.05) is 0 Å². The molecule has 2 aromatic carbocycles. The average Bonchev–Trinajstić information content (AvgIpc) is 3.36. The fourth-order valence-corrected chi connectivity index (χ4v) is 4.42. The second kappa shape index (κ2) is 9.65. The van der Waals surface area contributed by atoms with Crippen LogP contribution in [-0.2, 0) is 26.4 Å². The molecule has 0 amide bonds. The van der Waals surface area contributed by atoms with Gasteiger partial charge in [0.2, 0.25) is 5.82 Å². The minimum atomic E-state index is 0.631. The van der Waals surface area contributed by atoms with Gasteiger partial charge < -0.3 is 4.57 Å². The summed E-state index contributed by atoms with van der Waals surface area (Å²) in [4.78, 5) is 6.15. The maximum atomic E-state index is 6.47. The van der Waals surface area contributed by atoms with Crippen LogP contribution in [-0.4, -0.2) is 29.8 Å². The Kier molecular flexibility index (Phi) is 6.70. The molecule has 0 unspecified atom stereocenters. The first-order chi connectivity index (χ1) is 15.5. The molecule has 2 aromatic heterocycles. The normalized spacial score (nSPS) is 11.3. The quantitative estimate of drug-likeness (QED) is 0.349. The van der Waals surface area contributed by atoms with Gasteiger partial charge in [0, 0.05) is 18.5 Å². The van der Waals surface area contributed by atoms with Crippen molar-refractivity contribution >= 4 is 11.6 Å². The number of hydrogen-bond donors (Lipinski definition) is 0. The standard InChI is InChI=1S/C25H29ClN6/c1-5-7-12-23-27-24(26)22(6-2)32(23)16-19-14-13-18(15-17(19)3)20-10-8-9-11-21(20)25-28-30-31(4)29-25/h8-11,13-15H,5-7,12,16H2,1-4H3. The summed E-state index contributed by atoms with van der Waals surface area (Å²) in [7, 11) is 1.78. The first kappa shape index (κ1) is 22.2. The zero-order valence-corrected chi connectivity index (χ0v) is 19.9. The third-order valence-electron chi connectivity index (χ3n) is 5.85. The summed E-state index contributed by atoms with van der Waals surface area (Å²) >= 11 is 6.47. The third kappa shape index (κ3) is 4.46. The zero-order valence-electron chi connectivity index (χ0n) is 19.1. The number of tetrazole rings is 1. The molecule has 0 aliphatic heterocycles. The monoisotopic (exact) mass is 448 g/mol. The third-order valence-corrected chi connectivity index (χ3v) is 6.15. The van der Waals surface area contributed by atoms with Crippen molar-refractivity contribution < 1.29 is 0 Å². The Morgan fingerprint density at radius 3 is 2.47 bits per heavy atom. The van der Waals surface area contributed by atoms with Crippen LogP contribution in [0.1, 0.15) is 49.3 Å². The van der Waals surface area contributed by atoms with Gasteiger partial charge in [-0.2, -0.15) is 4.80 Å². The highest BCUT2D eigenvalue weighted by molar-refractivity contribution is 6.30. The van der Waals surface area contributed by atoms with Crippen molar-refractivity contribution in [1.82, 2.24) is 29.8 Å². The van der Waals surface area contributed by atoms with E-state index in [0.29, 0.717) is 11.0 Å². The number of aromatic nitrogens is 6. The Labute approximate surface area is 194 Å². The summed E-state index contributed by atoms with van der Waals surface area (Å²) in [5.41, 5.74) is 6.83. The van der Waals surface area contributed by atoms with Crippen LogP contribution in [0.3, 0.4) is 0 Å². The first-order valence-corrected chi connectivity index (χ1v) is 11.6. The second-order valence-corrected chi connectivity index (χ2v) is 8.46. The molecule has 32 heavy (non-hydrogen) atoms. The Hall–Kier alpha value is -2.99. The number of halogens is 1. The van der Waals surface area contributed by atoms with Crippen molar-refractivity contribution in [3.05, 3.63) is 70.3 Å². The van der Waals surface area contributed by atoms with Crippen LogP contribution in [0.2, 0.25) is 5.15 Å². The molecule has 0 spiro atoms. The van der Waals surface area contributed by atoms with Crippen molar-refractivity contribution in [3.8, 4) is 22.5 Å². The summed E-state index contributed by atoms with van der Waals surface area (Å²) in [6.07, 6.45) is 4.07. The molecule has 0 N–H and O–H groups in total. The number of nitrogens with zero attached hydrogens (tertiary/aromatic N) is 6. The number of hydrogen-bond acceptors (Lipinski definition) is 4. The van der Waals surface area contributed by atoms with E-state index in [2.05, 4.69) is 70.0 Å². The van der Waals surface area contributed by atoms with Gasteiger partial charge in [-0.15, -0.1) is 10.2 Å². The lowest BCUT2D eigenvalue weighted by atomic mass is 9.96. The largest absolute Gasteiger partial charge is 0.326 e. The number of aryl methyl sites for hydroxylation is 3. The fourth-order valence-electron chi connectivity index (χ4n) is 4.09. The zero-order chi connectivity index (χ0) is 22.7. The molecule has 0 fully saturated rings. The first-order valence-electron chi connectivity index (χ1n) is 11.2. The van der Waals surface area contributed by atoms with Gasteiger partial charge in [0.05, 0.1) is 12.7 Å². The van der Waals surface area contributed by atoms with Crippen LogP contribution < -0.4 is 0 Å². The molecule has 166 valence electrons. The molecule has 0 radical (unpaired) electrons. The molecule has 4 aromatic rings. The summed E-state index contributed by atoms with van der Waals surface area (Å²) in [6, 6.07) is 14.8. The van der Waals surface area contributed by atoms with Crippen LogP contribution in [0.15, 0.2) is 42.5 Å². The van der Waals surface area contributed by atoms with E-state index in [4.69, 9.17) is 11.6 Å². The molecule has 0 bridgehead atoms.